The number of hydrogen-bond donors (Lipinski definition) is 3. The quantitative estimate of drug-likeness (QED) is 0.450. The lowest BCUT2D eigenvalue weighted by Crippen LogP contribution is -2.53. The number of hydrogen-bond acceptors (Lipinski definition) is 5. The zero-order valence-corrected chi connectivity index (χ0v) is 17.4. The van der Waals surface area contributed by atoms with Gasteiger partial charge in [-0.15, -0.1) is 12.4 Å². The summed E-state index contributed by atoms with van der Waals surface area (Å²) in [6, 6.07) is 2.87. The zero-order chi connectivity index (χ0) is 20.1. The fourth-order valence-corrected chi connectivity index (χ4v) is 3.60. The number of halogens is 2. The van der Waals surface area contributed by atoms with E-state index in [1.807, 2.05) is 13.8 Å². The summed E-state index contributed by atoms with van der Waals surface area (Å²) in [5, 5.41) is 16.4. The number of carbonyl (C=O) groups is 2. The van der Waals surface area contributed by atoms with E-state index in [9.17, 15) is 19.7 Å². The molecule has 0 heterocycles. The fraction of sp³-hybridized carbons (Fsp3) is 0.556. The largest absolute Gasteiger partial charge is 0.351 e. The summed E-state index contributed by atoms with van der Waals surface area (Å²) >= 11 is 6.01. The highest BCUT2D eigenvalue weighted by atomic mass is 35.5. The van der Waals surface area contributed by atoms with Crippen molar-refractivity contribution in [2.24, 2.45) is 17.6 Å². The minimum atomic E-state index is -0.747. The Morgan fingerprint density at radius 1 is 1.36 bits per heavy atom. The summed E-state index contributed by atoms with van der Waals surface area (Å²) in [6.45, 7) is 4.18. The van der Waals surface area contributed by atoms with Crippen LogP contribution in [0.1, 0.15) is 43.5 Å². The molecule has 1 aliphatic rings. The van der Waals surface area contributed by atoms with E-state index in [4.69, 9.17) is 17.3 Å². The molecule has 2 amide bonds. The SMILES string of the molecule is CC(C)C(NC(=O)c1ccc([N+](=O)[O-])cc1Cl)C(=O)NC1CCCC1CN.Cl. The van der Waals surface area contributed by atoms with Crippen LogP contribution in [0.3, 0.4) is 0 Å². The van der Waals surface area contributed by atoms with Crippen molar-refractivity contribution in [3.05, 3.63) is 38.9 Å². The Kier molecular flexibility index (Phi) is 9.13. The third kappa shape index (κ3) is 5.80. The third-order valence-electron chi connectivity index (χ3n) is 4.93. The molecule has 0 spiro atoms. The highest BCUT2D eigenvalue weighted by molar-refractivity contribution is 6.34. The number of nitro groups is 1. The van der Waals surface area contributed by atoms with Gasteiger partial charge in [0.25, 0.3) is 11.6 Å². The summed E-state index contributed by atoms with van der Waals surface area (Å²) in [4.78, 5) is 35.5. The number of amides is 2. The maximum Gasteiger partial charge on any atom is 0.270 e. The second kappa shape index (κ2) is 10.6. The van der Waals surface area contributed by atoms with E-state index in [-0.39, 0.29) is 52.5 Å². The molecule has 1 aromatic rings. The first kappa shape index (κ1) is 24.1. The van der Waals surface area contributed by atoms with E-state index < -0.39 is 16.9 Å². The monoisotopic (exact) mass is 432 g/mol. The van der Waals surface area contributed by atoms with Crippen LogP contribution < -0.4 is 16.4 Å². The van der Waals surface area contributed by atoms with Gasteiger partial charge in [0.1, 0.15) is 6.04 Å². The van der Waals surface area contributed by atoms with Gasteiger partial charge in [-0.3, -0.25) is 19.7 Å². The highest BCUT2D eigenvalue weighted by Gasteiger charge is 2.32. The molecule has 3 unspecified atom stereocenters. The van der Waals surface area contributed by atoms with Crippen LogP contribution in [-0.4, -0.2) is 35.4 Å². The number of carbonyl (C=O) groups excluding carboxylic acids is 2. The van der Waals surface area contributed by atoms with Crippen LogP contribution in [0.2, 0.25) is 5.02 Å². The van der Waals surface area contributed by atoms with Gasteiger partial charge in [-0.1, -0.05) is 31.9 Å². The second-order valence-corrected chi connectivity index (χ2v) is 7.57. The van der Waals surface area contributed by atoms with E-state index in [0.717, 1.165) is 25.3 Å². The molecule has 1 fully saturated rings. The maximum atomic E-state index is 12.7. The molecule has 2 rings (SSSR count). The van der Waals surface area contributed by atoms with E-state index in [1.165, 1.54) is 12.1 Å². The smallest absolute Gasteiger partial charge is 0.270 e. The van der Waals surface area contributed by atoms with Crippen LogP contribution in [-0.2, 0) is 4.79 Å². The van der Waals surface area contributed by atoms with Gasteiger partial charge < -0.3 is 16.4 Å². The van der Waals surface area contributed by atoms with Crippen LogP contribution in [0.15, 0.2) is 18.2 Å². The van der Waals surface area contributed by atoms with Gasteiger partial charge in [0, 0.05) is 18.2 Å². The van der Waals surface area contributed by atoms with Gasteiger partial charge in [-0.25, -0.2) is 0 Å². The van der Waals surface area contributed by atoms with Gasteiger partial charge in [-0.2, -0.15) is 0 Å². The molecule has 1 aromatic carbocycles. The number of nitrogens with two attached hydrogens (primary N) is 1. The molecule has 0 aromatic heterocycles. The fourth-order valence-electron chi connectivity index (χ4n) is 3.34. The van der Waals surface area contributed by atoms with Crippen molar-refractivity contribution in [1.29, 1.82) is 0 Å². The second-order valence-electron chi connectivity index (χ2n) is 7.16. The van der Waals surface area contributed by atoms with E-state index in [0.29, 0.717) is 6.54 Å². The summed E-state index contributed by atoms with van der Waals surface area (Å²) < 4.78 is 0. The normalized spacial score (nSPS) is 19.6. The third-order valence-corrected chi connectivity index (χ3v) is 5.25. The molecule has 1 saturated carbocycles. The van der Waals surface area contributed by atoms with Crippen LogP contribution >= 0.6 is 24.0 Å². The van der Waals surface area contributed by atoms with Gasteiger partial charge >= 0.3 is 0 Å². The first-order valence-electron chi connectivity index (χ1n) is 8.99. The van der Waals surface area contributed by atoms with E-state index in [1.54, 1.807) is 0 Å². The summed E-state index contributed by atoms with van der Waals surface area (Å²) in [5.41, 5.74) is 5.64. The zero-order valence-electron chi connectivity index (χ0n) is 15.8. The minimum absolute atomic E-state index is 0. The van der Waals surface area contributed by atoms with Crippen molar-refractivity contribution in [1.82, 2.24) is 10.6 Å². The standard InChI is InChI=1S/C18H25ClN4O4.ClH/c1-10(2)16(18(25)21-15-5-3-4-11(15)9-20)22-17(24)13-7-6-12(23(26)27)8-14(13)19;/h6-8,10-11,15-16H,3-5,9,20H2,1-2H3,(H,21,25)(H,22,24);1H. The highest BCUT2D eigenvalue weighted by Crippen LogP contribution is 2.25. The molecular weight excluding hydrogens is 407 g/mol. The molecular formula is C18H26Cl2N4O4. The summed E-state index contributed by atoms with van der Waals surface area (Å²) in [5.74, 6) is -0.711. The average Bonchev–Trinajstić information content (AvgIpc) is 3.05. The Balaban J connectivity index is 0.00000392. The van der Waals surface area contributed by atoms with E-state index >= 15 is 0 Å². The number of benzene rings is 1. The molecule has 0 aliphatic heterocycles. The predicted octanol–water partition coefficient (Wildman–Crippen LogP) is 2.67. The molecule has 3 atom stereocenters. The first-order valence-corrected chi connectivity index (χ1v) is 9.37. The average molecular weight is 433 g/mol. The number of non-ortho nitro benzene ring substituents is 1. The van der Waals surface area contributed by atoms with Crippen LogP contribution in [0.5, 0.6) is 0 Å². The topological polar surface area (TPSA) is 127 Å². The van der Waals surface area contributed by atoms with Crippen LogP contribution in [0.25, 0.3) is 0 Å². The molecule has 1 aliphatic carbocycles. The van der Waals surface area contributed by atoms with Crippen molar-refractivity contribution in [2.75, 3.05) is 6.54 Å². The first-order chi connectivity index (χ1) is 12.7. The number of nitrogens with zero attached hydrogens (tertiary/aromatic N) is 1. The lowest BCUT2D eigenvalue weighted by Gasteiger charge is -2.26. The van der Waals surface area contributed by atoms with Crippen molar-refractivity contribution in [3.8, 4) is 0 Å². The predicted molar refractivity (Wildman–Crippen MR) is 110 cm³/mol. The number of nitro benzene ring substituents is 1. The van der Waals surface area contributed by atoms with Gasteiger partial charge in [0.2, 0.25) is 5.91 Å². The lowest BCUT2D eigenvalue weighted by molar-refractivity contribution is -0.384. The van der Waals surface area contributed by atoms with Crippen molar-refractivity contribution in [2.45, 2.75) is 45.2 Å². The maximum absolute atomic E-state index is 12.7. The molecule has 10 heteroatoms. The minimum Gasteiger partial charge on any atom is -0.351 e. The van der Waals surface area contributed by atoms with Crippen molar-refractivity contribution < 1.29 is 14.5 Å². The Bertz CT molecular complexity index is 730. The van der Waals surface area contributed by atoms with Gasteiger partial charge in [0.05, 0.1) is 15.5 Å². The molecule has 4 N–H and O–H groups in total. The molecule has 156 valence electrons. The molecule has 8 nitrogen and oxygen atoms in total. The summed E-state index contributed by atoms with van der Waals surface area (Å²) in [7, 11) is 0. The van der Waals surface area contributed by atoms with E-state index in [2.05, 4.69) is 10.6 Å². The van der Waals surface area contributed by atoms with Gasteiger partial charge in [-0.05, 0) is 37.3 Å². The number of nitrogens with one attached hydrogen (secondary N) is 2. The lowest BCUT2D eigenvalue weighted by atomic mass is 10.00. The van der Waals surface area contributed by atoms with Crippen LogP contribution in [0.4, 0.5) is 5.69 Å². The molecule has 0 saturated heterocycles. The Morgan fingerprint density at radius 2 is 2.04 bits per heavy atom. The van der Waals surface area contributed by atoms with Crippen LogP contribution in [0, 0.1) is 22.0 Å². The Morgan fingerprint density at radius 3 is 2.57 bits per heavy atom. The summed E-state index contributed by atoms with van der Waals surface area (Å²) in [6.07, 6.45) is 2.88. The molecule has 0 radical (unpaired) electrons. The number of rotatable bonds is 7. The molecule has 28 heavy (non-hydrogen) atoms. The molecule has 0 bridgehead atoms. The van der Waals surface area contributed by atoms with Crippen molar-refractivity contribution >= 4 is 41.5 Å². The Labute approximate surface area is 175 Å². The van der Waals surface area contributed by atoms with Crippen molar-refractivity contribution in [3.63, 3.8) is 0 Å². The Hall–Kier alpha value is -1.90. The van der Waals surface area contributed by atoms with Gasteiger partial charge in [0.15, 0.2) is 0 Å².